The van der Waals surface area contributed by atoms with E-state index in [2.05, 4.69) is 78.2 Å². The molecule has 0 spiro atoms. The van der Waals surface area contributed by atoms with Crippen LogP contribution in [0.5, 0.6) is 0 Å². The van der Waals surface area contributed by atoms with Crippen molar-refractivity contribution in [1.29, 1.82) is 0 Å². The van der Waals surface area contributed by atoms with Gasteiger partial charge in [-0.05, 0) is 37.3 Å². The highest BCUT2D eigenvalue weighted by Gasteiger charge is 2.19. The Bertz CT molecular complexity index is 758. The molecule has 2 N–H and O–H groups in total. The van der Waals surface area contributed by atoms with Crippen LogP contribution in [-0.2, 0) is 4.79 Å². The van der Waals surface area contributed by atoms with Crippen LogP contribution in [0.15, 0.2) is 65.7 Å². The summed E-state index contributed by atoms with van der Waals surface area (Å²) in [7, 11) is 0. The summed E-state index contributed by atoms with van der Waals surface area (Å²) in [5, 5.41) is 6.82. The number of nitrogens with one attached hydrogen (secondary N) is 2. The fourth-order valence-electron chi connectivity index (χ4n) is 3.97. The second kappa shape index (κ2) is 14.1. The molecule has 0 bridgehead atoms. The number of carbonyl (C=O) groups is 1. The Morgan fingerprint density at radius 1 is 1.03 bits per heavy atom. The Kier molecular flexibility index (Phi) is 11.4. The number of nitrogens with zero attached hydrogens (tertiary/aromatic N) is 2. The molecule has 0 saturated carbocycles. The van der Waals surface area contributed by atoms with Gasteiger partial charge in [0.05, 0.1) is 0 Å². The van der Waals surface area contributed by atoms with E-state index in [0.717, 1.165) is 57.9 Å². The summed E-state index contributed by atoms with van der Waals surface area (Å²) >= 11 is 0. The van der Waals surface area contributed by atoms with Crippen molar-refractivity contribution < 1.29 is 4.79 Å². The van der Waals surface area contributed by atoms with Crippen molar-refractivity contribution in [2.75, 3.05) is 32.7 Å². The lowest BCUT2D eigenvalue weighted by Gasteiger charge is -2.19. The molecule has 0 radical (unpaired) electrons. The van der Waals surface area contributed by atoms with Crippen molar-refractivity contribution in [1.82, 2.24) is 15.5 Å². The molecule has 0 aliphatic carbocycles. The SMILES string of the molecule is CCNC(=NCCCN1CCCC1=O)NCCC(c1ccccc1)c1ccccc1.I. The van der Waals surface area contributed by atoms with Gasteiger partial charge >= 0.3 is 0 Å². The van der Waals surface area contributed by atoms with Gasteiger partial charge in [-0.25, -0.2) is 0 Å². The Morgan fingerprint density at radius 2 is 1.68 bits per heavy atom. The molecule has 3 rings (SSSR count). The van der Waals surface area contributed by atoms with E-state index in [0.29, 0.717) is 12.3 Å². The van der Waals surface area contributed by atoms with E-state index < -0.39 is 0 Å². The summed E-state index contributed by atoms with van der Waals surface area (Å²) in [5.41, 5.74) is 2.67. The topological polar surface area (TPSA) is 56.7 Å². The maximum absolute atomic E-state index is 11.7. The van der Waals surface area contributed by atoms with Crippen LogP contribution in [0.2, 0.25) is 0 Å². The van der Waals surface area contributed by atoms with Crippen LogP contribution in [0, 0.1) is 0 Å². The van der Waals surface area contributed by atoms with E-state index in [1.165, 1.54) is 11.1 Å². The number of hydrogen-bond donors (Lipinski definition) is 2. The largest absolute Gasteiger partial charge is 0.357 e. The summed E-state index contributed by atoms with van der Waals surface area (Å²) < 4.78 is 0. The highest BCUT2D eigenvalue weighted by molar-refractivity contribution is 14.0. The predicted molar refractivity (Wildman–Crippen MR) is 139 cm³/mol. The van der Waals surface area contributed by atoms with E-state index in [1.807, 2.05) is 4.90 Å². The van der Waals surface area contributed by atoms with Crippen LogP contribution in [0.25, 0.3) is 0 Å². The van der Waals surface area contributed by atoms with Gasteiger partial charge in [-0.1, -0.05) is 60.7 Å². The number of amides is 1. The molecule has 168 valence electrons. The van der Waals surface area contributed by atoms with Gasteiger partial charge in [0.25, 0.3) is 0 Å². The minimum Gasteiger partial charge on any atom is -0.357 e. The van der Waals surface area contributed by atoms with Crippen LogP contribution in [-0.4, -0.2) is 49.5 Å². The average molecular weight is 534 g/mol. The summed E-state index contributed by atoms with van der Waals surface area (Å²) in [4.78, 5) is 18.4. The lowest BCUT2D eigenvalue weighted by Crippen LogP contribution is -2.38. The van der Waals surface area contributed by atoms with E-state index >= 15 is 0 Å². The van der Waals surface area contributed by atoms with Gasteiger partial charge < -0.3 is 15.5 Å². The molecule has 1 aliphatic heterocycles. The zero-order valence-corrected chi connectivity index (χ0v) is 20.8. The summed E-state index contributed by atoms with van der Waals surface area (Å²) in [6.45, 7) is 6.19. The molecule has 0 atom stereocenters. The van der Waals surface area contributed by atoms with Crippen molar-refractivity contribution in [2.45, 2.75) is 38.5 Å². The number of likely N-dealkylation sites (tertiary alicyclic amines) is 1. The smallest absolute Gasteiger partial charge is 0.222 e. The molecule has 6 heteroatoms. The molecule has 0 unspecified atom stereocenters. The molecule has 1 heterocycles. The number of carbonyl (C=O) groups excluding carboxylic acids is 1. The highest BCUT2D eigenvalue weighted by Crippen LogP contribution is 2.27. The average Bonchev–Trinajstić information content (AvgIpc) is 3.20. The van der Waals surface area contributed by atoms with Gasteiger partial charge in [-0.3, -0.25) is 9.79 Å². The molecule has 1 amide bonds. The molecular weight excluding hydrogens is 499 g/mol. The van der Waals surface area contributed by atoms with Crippen LogP contribution < -0.4 is 10.6 Å². The first-order valence-electron chi connectivity index (χ1n) is 11.2. The zero-order chi connectivity index (χ0) is 21.0. The molecule has 31 heavy (non-hydrogen) atoms. The Balaban J connectivity index is 0.00000341. The van der Waals surface area contributed by atoms with Crippen molar-refractivity contribution in [2.24, 2.45) is 4.99 Å². The van der Waals surface area contributed by atoms with E-state index in [4.69, 9.17) is 4.99 Å². The van der Waals surface area contributed by atoms with Crippen molar-refractivity contribution in [3.05, 3.63) is 71.8 Å². The van der Waals surface area contributed by atoms with Crippen molar-refractivity contribution in [3.63, 3.8) is 0 Å². The van der Waals surface area contributed by atoms with Gasteiger partial charge in [0, 0.05) is 45.1 Å². The quantitative estimate of drug-likeness (QED) is 0.206. The number of guanidine groups is 1. The first kappa shape index (κ1) is 25.2. The fraction of sp³-hybridized carbons (Fsp3) is 0.440. The normalized spacial score (nSPS) is 13.9. The second-order valence-corrected chi connectivity index (χ2v) is 7.69. The molecule has 2 aromatic carbocycles. The Morgan fingerprint density at radius 3 is 2.23 bits per heavy atom. The number of benzene rings is 2. The predicted octanol–water partition coefficient (Wildman–Crippen LogP) is 4.39. The maximum Gasteiger partial charge on any atom is 0.222 e. The second-order valence-electron chi connectivity index (χ2n) is 7.69. The van der Waals surface area contributed by atoms with Crippen LogP contribution in [0.3, 0.4) is 0 Å². The van der Waals surface area contributed by atoms with Crippen molar-refractivity contribution >= 4 is 35.8 Å². The molecule has 2 aromatic rings. The minimum atomic E-state index is 0. The van der Waals surface area contributed by atoms with Crippen LogP contribution in [0.1, 0.15) is 49.7 Å². The van der Waals surface area contributed by atoms with Crippen LogP contribution >= 0.6 is 24.0 Å². The fourth-order valence-corrected chi connectivity index (χ4v) is 3.97. The van der Waals surface area contributed by atoms with Gasteiger partial charge in [0.1, 0.15) is 0 Å². The monoisotopic (exact) mass is 534 g/mol. The van der Waals surface area contributed by atoms with E-state index in [9.17, 15) is 4.79 Å². The van der Waals surface area contributed by atoms with Gasteiger partial charge in [-0.2, -0.15) is 0 Å². The van der Waals surface area contributed by atoms with Gasteiger partial charge in [0.15, 0.2) is 5.96 Å². The van der Waals surface area contributed by atoms with E-state index in [1.54, 1.807) is 0 Å². The Hall–Kier alpha value is -2.09. The number of halogens is 1. The first-order chi connectivity index (χ1) is 14.8. The molecule has 0 aromatic heterocycles. The van der Waals surface area contributed by atoms with Gasteiger partial charge in [-0.15, -0.1) is 24.0 Å². The highest BCUT2D eigenvalue weighted by atomic mass is 127. The molecule has 1 fully saturated rings. The molecular formula is C25H35IN4O. The zero-order valence-electron chi connectivity index (χ0n) is 18.4. The number of rotatable bonds is 10. The lowest BCUT2D eigenvalue weighted by atomic mass is 9.88. The third kappa shape index (κ3) is 8.16. The number of aliphatic imine (C=N–C) groups is 1. The minimum absolute atomic E-state index is 0. The third-order valence-corrected chi connectivity index (χ3v) is 5.50. The summed E-state index contributed by atoms with van der Waals surface area (Å²) in [6, 6.07) is 21.4. The first-order valence-corrected chi connectivity index (χ1v) is 11.2. The number of hydrogen-bond acceptors (Lipinski definition) is 2. The molecule has 1 saturated heterocycles. The summed E-state index contributed by atoms with van der Waals surface area (Å²) in [6.07, 6.45) is 3.59. The molecule has 1 aliphatic rings. The lowest BCUT2D eigenvalue weighted by molar-refractivity contribution is -0.127. The molecule has 5 nitrogen and oxygen atoms in total. The summed E-state index contributed by atoms with van der Waals surface area (Å²) in [5.74, 6) is 1.49. The van der Waals surface area contributed by atoms with Gasteiger partial charge in [0.2, 0.25) is 5.91 Å². The maximum atomic E-state index is 11.7. The van der Waals surface area contributed by atoms with Crippen molar-refractivity contribution in [3.8, 4) is 0 Å². The third-order valence-electron chi connectivity index (χ3n) is 5.50. The Labute approximate surface area is 203 Å². The van der Waals surface area contributed by atoms with E-state index in [-0.39, 0.29) is 29.9 Å². The standard InChI is InChI=1S/C25H34N4O.HI/c1-2-26-25(27-17-10-20-29-19-9-15-24(29)30)28-18-16-23(21-11-5-3-6-12-21)22-13-7-4-8-14-22;/h3-8,11-14,23H,2,9-10,15-20H2,1H3,(H2,26,27,28);1H. The van der Waals surface area contributed by atoms with Crippen LogP contribution in [0.4, 0.5) is 0 Å².